The van der Waals surface area contributed by atoms with Crippen molar-refractivity contribution in [2.75, 3.05) is 0 Å². The van der Waals surface area contributed by atoms with E-state index in [0.717, 1.165) is 17.7 Å². The zero-order chi connectivity index (χ0) is 30.0. The highest BCUT2D eigenvalue weighted by Gasteiger charge is 2.32. The van der Waals surface area contributed by atoms with Crippen molar-refractivity contribution >= 4 is 16.9 Å². The molecule has 214 valence electrons. The van der Waals surface area contributed by atoms with E-state index in [1.54, 1.807) is 37.3 Å². The smallest absolute Gasteiger partial charge is 0.303 e. The van der Waals surface area contributed by atoms with E-state index >= 15 is 4.39 Å². The van der Waals surface area contributed by atoms with E-state index in [1.807, 2.05) is 0 Å². The topological polar surface area (TPSA) is 115 Å². The molecule has 42 heavy (non-hydrogen) atoms. The molecule has 0 spiro atoms. The van der Waals surface area contributed by atoms with Crippen LogP contribution in [0.4, 0.5) is 17.6 Å². The lowest BCUT2D eigenvalue weighted by Crippen LogP contribution is -2.22. The van der Waals surface area contributed by atoms with Crippen LogP contribution in [0.5, 0.6) is 11.5 Å². The van der Waals surface area contributed by atoms with Gasteiger partial charge in [-0.1, -0.05) is 24.3 Å². The summed E-state index contributed by atoms with van der Waals surface area (Å²) in [5, 5.41) is 19.5. The highest BCUT2D eigenvalue weighted by Crippen LogP contribution is 2.38. The first-order chi connectivity index (χ1) is 20.1. The van der Waals surface area contributed by atoms with E-state index in [-0.39, 0.29) is 47.0 Å². The van der Waals surface area contributed by atoms with Crippen LogP contribution in [-0.4, -0.2) is 32.5 Å². The third kappa shape index (κ3) is 5.56. The van der Waals surface area contributed by atoms with Gasteiger partial charge in [-0.05, 0) is 48.7 Å². The number of H-pyrrole nitrogens is 2. The molecule has 0 aliphatic rings. The summed E-state index contributed by atoms with van der Waals surface area (Å²) in [7, 11) is 0. The van der Waals surface area contributed by atoms with Gasteiger partial charge in [0.15, 0.2) is 11.6 Å². The number of carboxylic acids is 1. The quantitative estimate of drug-likeness (QED) is 0.151. The maximum absolute atomic E-state index is 15.0. The van der Waals surface area contributed by atoms with Gasteiger partial charge in [0.05, 0.1) is 17.3 Å². The fraction of sp³-hybridized carbons (Fsp3) is 0.194. The first-order valence-electron chi connectivity index (χ1n) is 12.9. The molecular formula is C31H24F4N4O3. The van der Waals surface area contributed by atoms with Crippen LogP contribution in [0, 0.1) is 23.0 Å². The summed E-state index contributed by atoms with van der Waals surface area (Å²) >= 11 is 0. The highest BCUT2D eigenvalue weighted by atomic mass is 19.3. The Kier molecular flexibility index (Phi) is 7.72. The average Bonchev–Trinajstić information content (AvgIpc) is 3.64. The van der Waals surface area contributed by atoms with Crippen LogP contribution in [0.1, 0.15) is 35.7 Å². The van der Waals surface area contributed by atoms with E-state index in [0.29, 0.717) is 16.5 Å². The summed E-state index contributed by atoms with van der Waals surface area (Å²) in [6.45, 7) is 1.64. The molecule has 0 fully saturated rings. The van der Waals surface area contributed by atoms with Gasteiger partial charge < -0.3 is 19.8 Å². The predicted molar refractivity (Wildman–Crippen MR) is 146 cm³/mol. The highest BCUT2D eigenvalue weighted by molar-refractivity contribution is 5.85. The zero-order valence-corrected chi connectivity index (χ0v) is 22.2. The monoisotopic (exact) mass is 576 g/mol. The second-order valence-corrected chi connectivity index (χ2v) is 9.91. The molecule has 2 aromatic heterocycles. The Bertz CT molecular complexity index is 1820. The minimum Gasteiger partial charge on any atom is -0.481 e. The Hall–Kier alpha value is -5.11. The predicted octanol–water partition coefficient (Wildman–Crippen LogP) is 7.28. The first kappa shape index (κ1) is 28.4. The number of benzene rings is 3. The summed E-state index contributed by atoms with van der Waals surface area (Å²) in [6, 6.07) is 15.5. The van der Waals surface area contributed by atoms with Gasteiger partial charge in [-0.15, -0.1) is 0 Å². The third-order valence-corrected chi connectivity index (χ3v) is 7.08. The number of ether oxygens (including phenoxy) is 1. The molecule has 3 N–H and O–H groups in total. The normalized spacial score (nSPS) is 12.8. The van der Waals surface area contributed by atoms with Crippen LogP contribution in [-0.2, 0) is 23.1 Å². The number of alkyl halides is 2. The first-order valence-corrected chi connectivity index (χ1v) is 12.9. The van der Waals surface area contributed by atoms with E-state index in [9.17, 15) is 23.2 Å². The van der Waals surface area contributed by atoms with Gasteiger partial charge in [0.1, 0.15) is 22.8 Å². The Balaban J connectivity index is 1.48. The second-order valence-electron chi connectivity index (χ2n) is 9.91. The Morgan fingerprint density at radius 1 is 1.12 bits per heavy atom. The van der Waals surface area contributed by atoms with Gasteiger partial charge in [0.25, 0.3) is 0 Å². The number of imidazole rings is 1. The zero-order valence-electron chi connectivity index (χ0n) is 22.2. The lowest BCUT2D eigenvalue weighted by atomic mass is 9.80. The van der Waals surface area contributed by atoms with Crippen LogP contribution < -0.4 is 4.74 Å². The van der Waals surface area contributed by atoms with Gasteiger partial charge in [0, 0.05) is 47.8 Å². The van der Waals surface area contributed by atoms with Crippen molar-refractivity contribution in [3.8, 4) is 29.0 Å². The van der Waals surface area contributed by atoms with Crippen molar-refractivity contribution in [3.63, 3.8) is 0 Å². The summed E-state index contributed by atoms with van der Waals surface area (Å²) < 4.78 is 62.5. The summed E-state index contributed by atoms with van der Waals surface area (Å²) in [6.07, 6.45) is -0.315. The van der Waals surface area contributed by atoms with Gasteiger partial charge in [-0.2, -0.15) is 5.26 Å². The lowest BCUT2D eigenvalue weighted by Gasteiger charge is -2.20. The van der Waals surface area contributed by atoms with E-state index < -0.39 is 35.9 Å². The van der Waals surface area contributed by atoms with Gasteiger partial charge in [-0.25, -0.2) is 22.5 Å². The number of hydrogen-bond acceptors (Lipinski definition) is 4. The Labute approximate surface area is 237 Å². The van der Waals surface area contributed by atoms with Crippen LogP contribution >= 0.6 is 0 Å². The summed E-state index contributed by atoms with van der Waals surface area (Å²) in [5.74, 6) is -2.82. The largest absolute Gasteiger partial charge is 0.481 e. The number of aliphatic carboxylic acids is 1. The lowest BCUT2D eigenvalue weighted by molar-refractivity contribution is -0.136. The fourth-order valence-electron chi connectivity index (χ4n) is 4.83. The van der Waals surface area contributed by atoms with Crippen LogP contribution in [0.3, 0.4) is 0 Å². The number of aromatic amines is 2. The maximum atomic E-state index is 15.0. The number of carbonyl (C=O) groups is 1. The van der Waals surface area contributed by atoms with Gasteiger partial charge in [0.2, 0.25) is 6.43 Å². The number of hydrogen-bond donors (Lipinski definition) is 3. The molecule has 0 saturated heterocycles. The minimum absolute atomic E-state index is 0.0113. The Morgan fingerprint density at radius 3 is 2.67 bits per heavy atom. The summed E-state index contributed by atoms with van der Waals surface area (Å²) in [4.78, 5) is 21.1. The number of aryl methyl sites for hydroxylation is 1. The molecule has 1 atom stereocenters. The second kappa shape index (κ2) is 11.4. The number of carboxylic acid groups (broad SMARTS) is 1. The number of nitrogens with zero attached hydrogens (tertiary/aromatic N) is 2. The van der Waals surface area contributed by atoms with Crippen LogP contribution in [0.15, 0.2) is 67.0 Å². The molecule has 1 unspecified atom stereocenters. The molecular weight excluding hydrogens is 552 g/mol. The van der Waals surface area contributed by atoms with Crippen molar-refractivity contribution in [2.45, 2.75) is 38.0 Å². The standard InChI is InChI=1S/C31H24F4N4O3/c1-31(16-36,18-4-2-3-17(11-18)5-8-28(40)41)26-15-38-30(39-26)22-12-19(6-7-23(22)32)42-29-21(13-27(34)35)20-9-10-37-25(20)14-24(29)33/h2-4,6-7,9-12,14-15,27,37H,5,8,13H2,1H3,(H,38,39)(H,40,41). The van der Waals surface area contributed by atoms with Crippen molar-refractivity contribution in [3.05, 3.63) is 101 Å². The molecule has 0 aliphatic heterocycles. The molecule has 0 saturated carbocycles. The molecule has 0 aliphatic carbocycles. The van der Waals surface area contributed by atoms with Gasteiger partial charge >= 0.3 is 5.97 Å². The molecule has 5 rings (SSSR count). The van der Waals surface area contributed by atoms with Crippen LogP contribution in [0.2, 0.25) is 0 Å². The molecule has 0 amide bonds. The van der Waals surface area contributed by atoms with E-state index in [4.69, 9.17) is 9.84 Å². The molecule has 11 heteroatoms. The van der Waals surface area contributed by atoms with E-state index in [1.165, 1.54) is 24.5 Å². The minimum atomic E-state index is -2.76. The summed E-state index contributed by atoms with van der Waals surface area (Å²) in [5.41, 5.74) is 0.592. The number of nitriles is 1. The van der Waals surface area contributed by atoms with Crippen molar-refractivity contribution < 1.29 is 32.2 Å². The van der Waals surface area contributed by atoms with Crippen molar-refractivity contribution in [2.24, 2.45) is 0 Å². The SMILES string of the molecule is CC(C#N)(c1cccc(CCC(=O)O)c1)c1c[nH]c(-c2cc(Oc3c(F)cc4[nH]ccc4c3CC(F)F)ccc2F)n1. The molecule has 0 bridgehead atoms. The molecule has 5 aromatic rings. The van der Waals surface area contributed by atoms with E-state index in [2.05, 4.69) is 21.0 Å². The Morgan fingerprint density at radius 2 is 1.93 bits per heavy atom. The van der Waals surface area contributed by atoms with Gasteiger partial charge in [-0.3, -0.25) is 4.79 Å². The van der Waals surface area contributed by atoms with Crippen molar-refractivity contribution in [1.82, 2.24) is 15.0 Å². The molecule has 7 nitrogen and oxygen atoms in total. The average molecular weight is 577 g/mol. The maximum Gasteiger partial charge on any atom is 0.303 e. The number of rotatable bonds is 10. The number of halogens is 4. The number of aromatic nitrogens is 3. The third-order valence-electron chi connectivity index (χ3n) is 7.08. The number of fused-ring (bicyclic) bond motifs is 1. The fourth-order valence-corrected chi connectivity index (χ4v) is 4.83. The van der Waals surface area contributed by atoms with Crippen molar-refractivity contribution in [1.29, 1.82) is 5.26 Å². The number of nitrogens with one attached hydrogen (secondary N) is 2. The molecule has 2 heterocycles. The molecule has 0 radical (unpaired) electrons. The van der Waals surface area contributed by atoms with Crippen LogP contribution in [0.25, 0.3) is 22.3 Å². The molecule has 3 aromatic carbocycles.